The van der Waals surface area contributed by atoms with Gasteiger partial charge in [-0.25, -0.2) is 4.98 Å². The lowest BCUT2D eigenvalue weighted by Gasteiger charge is -2.37. The number of carbonyl (C=O) groups is 1. The molecule has 2 bridgehead atoms. The van der Waals surface area contributed by atoms with Crippen molar-refractivity contribution >= 4 is 11.7 Å². The number of anilines is 1. The fourth-order valence-corrected chi connectivity index (χ4v) is 4.46. The van der Waals surface area contributed by atoms with E-state index in [1.807, 2.05) is 42.2 Å². The first-order valence-corrected chi connectivity index (χ1v) is 9.40. The normalized spacial score (nSPS) is 24.1. The van der Waals surface area contributed by atoms with Crippen molar-refractivity contribution in [1.29, 1.82) is 0 Å². The highest BCUT2D eigenvalue weighted by Crippen LogP contribution is 2.37. The van der Waals surface area contributed by atoms with Gasteiger partial charge in [0.2, 0.25) is 0 Å². The first-order valence-electron chi connectivity index (χ1n) is 9.40. The molecule has 3 N–H and O–H groups in total. The molecule has 3 heterocycles. The molecule has 2 fully saturated rings. The molecule has 0 saturated carbocycles. The predicted molar refractivity (Wildman–Crippen MR) is 104 cm³/mol. The molecule has 1 aromatic carbocycles. The molecule has 6 heteroatoms. The zero-order chi connectivity index (χ0) is 19.1. The zero-order valence-corrected chi connectivity index (χ0v) is 15.7. The van der Waals surface area contributed by atoms with E-state index in [0.29, 0.717) is 30.0 Å². The third-order valence-corrected chi connectivity index (χ3v) is 5.80. The number of amides is 1. The average molecular weight is 367 g/mol. The molecule has 1 aromatic heterocycles. The lowest BCUT2D eigenvalue weighted by atomic mass is 9.98. The van der Waals surface area contributed by atoms with Crippen molar-refractivity contribution in [3.8, 4) is 16.9 Å². The van der Waals surface area contributed by atoms with Gasteiger partial charge in [0.05, 0.1) is 18.9 Å². The average Bonchev–Trinajstić information content (AvgIpc) is 2.93. The van der Waals surface area contributed by atoms with Crippen molar-refractivity contribution in [2.24, 2.45) is 0 Å². The van der Waals surface area contributed by atoms with Crippen molar-refractivity contribution < 1.29 is 14.6 Å². The summed E-state index contributed by atoms with van der Waals surface area (Å²) < 4.78 is 5.34. The molecular formula is C21H25N3O3. The summed E-state index contributed by atoms with van der Waals surface area (Å²) in [6.45, 7) is 1.85. The van der Waals surface area contributed by atoms with Crippen LogP contribution in [-0.2, 0) is 0 Å². The largest absolute Gasteiger partial charge is 0.495 e. The van der Waals surface area contributed by atoms with E-state index in [9.17, 15) is 9.90 Å². The Kier molecular flexibility index (Phi) is 4.52. The van der Waals surface area contributed by atoms with Crippen LogP contribution in [0, 0.1) is 6.92 Å². The van der Waals surface area contributed by atoms with Gasteiger partial charge < -0.3 is 20.5 Å². The van der Waals surface area contributed by atoms with E-state index < -0.39 is 0 Å². The smallest absolute Gasteiger partial charge is 0.254 e. The molecular weight excluding hydrogens is 342 g/mol. The highest BCUT2D eigenvalue weighted by Gasteiger charge is 2.42. The SMILES string of the molecule is COc1cc(-c2ccc(C(=O)N3[C@@H]4CC[C@H]3CC(O)C4)cc2)c(N)nc1C. The number of aryl methyl sites for hydroxylation is 1. The number of piperidine rings is 1. The molecule has 1 amide bonds. The fraction of sp³-hybridized carbons (Fsp3) is 0.429. The minimum Gasteiger partial charge on any atom is -0.495 e. The number of benzene rings is 1. The van der Waals surface area contributed by atoms with Crippen LogP contribution in [-0.4, -0.2) is 46.2 Å². The number of nitrogen functional groups attached to an aromatic ring is 1. The maximum absolute atomic E-state index is 13.0. The summed E-state index contributed by atoms with van der Waals surface area (Å²) in [5.41, 5.74) is 9.18. The topological polar surface area (TPSA) is 88.7 Å². The highest BCUT2D eigenvalue weighted by molar-refractivity contribution is 5.95. The van der Waals surface area contributed by atoms with Crippen molar-refractivity contribution in [3.63, 3.8) is 0 Å². The quantitative estimate of drug-likeness (QED) is 0.871. The van der Waals surface area contributed by atoms with Crippen LogP contribution in [0.2, 0.25) is 0 Å². The number of rotatable bonds is 3. The summed E-state index contributed by atoms with van der Waals surface area (Å²) in [6.07, 6.45) is 3.06. The predicted octanol–water partition coefficient (Wildman–Crippen LogP) is 2.78. The Morgan fingerprint density at radius 1 is 1.22 bits per heavy atom. The summed E-state index contributed by atoms with van der Waals surface area (Å²) in [7, 11) is 1.61. The standard InChI is InChI=1S/C21H25N3O3/c1-12-19(27-2)11-18(20(22)23-12)13-3-5-14(6-4-13)21(26)24-15-7-8-16(24)10-17(25)9-15/h3-6,11,15-17,25H,7-10H2,1-2H3,(H2,22,23)/t15-,16+,17?. The summed E-state index contributed by atoms with van der Waals surface area (Å²) in [4.78, 5) is 19.3. The van der Waals surface area contributed by atoms with Gasteiger partial charge in [0, 0.05) is 23.2 Å². The van der Waals surface area contributed by atoms with E-state index in [2.05, 4.69) is 4.98 Å². The number of hydrogen-bond acceptors (Lipinski definition) is 5. The van der Waals surface area contributed by atoms with E-state index in [1.165, 1.54) is 0 Å². The Bertz CT molecular complexity index is 852. The molecule has 27 heavy (non-hydrogen) atoms. The second-order valence-electron chi connectivity index (χ2n) is 7.51. The van der Waals surface area contributed by atoms with Crippen LogP contribution in [0.5, 0.6) is 5.75 Å². The Morgan fingerprint density at radius 3 is 2.44 bits per heavy atom. The lowest BCUT2D eigenvalue weighted by Crippen LogP contribution is -2.47. The van der Waals surface area contributed by atoms with E-state index >= 15 is 0 Å². The summed E-state index contributed by atoms with van der Waals surface area (Å²) in [6, 6.07) is 9.67. The van der Waals surface area contributed by atoms with Gasteiger partial charge in [0.15, 0.2) is 0 Å². The molecule has 142 valence electrons. The van der Waals surface area contributed by atoms with Gasteiger partial charge >= 0.3 is 0 Å². The monoisotopic (exact) mass is 367 g/mol. The van der Waals surface area contributed by atoms with Crippen LogP contribution < -0.4 is 10.5 Å². The molecule has 0 radical (unpaired) electrons. The molecule has 2 aliphatic rings. The maximum atomic E-state index is 13.0. The van der Waals surface area contributed by atoms with E-state index in [0.717, 1.165) is 29.7 Å². The van der Waals surface area contributed by atoms with Crippen LogP contribution in [0.15, 0.2) is 30.3 Å². The summed E-state index contributed by atoms with van der Waals surface area (Å²) in [5, 5.41) is 9.94. The van der Waals surface area contributed by atoms with Crippen molar-refractivity contribution in [3.05, 3.63) is 41.6 Å². The van der Waals surface area contributed by atoms with Crippen LogP contribution in [0.25, 0.3) is 11.1 Å². The number of ether oxygens (including phenoxy) is 1. The number of methoxy groups -OCH3 is 1. The number of hydrogen-bond donors (Lipinski definition) is 2. The van der Waals surface area contributed by atoms with Crippen LogP contribution >= 0.6 is 0 Å². The molecule has 2 aliphatic heterocycles. The van der Waals surface area contributed by atoms with Crippen molar-refractivity contribution in [2.75, 3.05) is 12.8 Å². The van der Waals surface area contributed by atoms with E-state index in [-0.39, 0.29) is 24.1 Å². The second kappa shape index (κ2) is 6.85. The molecule has 3 atom stereocenters. The highest BCUT2D eigenvalue weighted by atomic mass is 16.5. The lowest BCUT2D eigenvalue weighted by molar-refractivity contribution is 0.0287. The third-order valence-electron chi connectivity index (χ3n) is 5.80. The molecule has 6 nitrogen and oxygen atoms in total. The van der Waals surface area contributed by atoms with Gasteiger partial charge in [-0.05, 0) is 56.4 Å². The Balaban J connectivity index is 1.59. The Morgan fingerprint density at radius 2 is 1.85 bits per heavy atom. The number of pyridine rings is 1. The van der Waals surface area contributed by atoms with E-state index in [4.69, 9.17) is 10.5 Å². The first-order chi connectivity index (χ1) is 13.0. The van der Waals surface area contributed by atoms with Crippen molar-refractivity contribution in [2.45, 2.75) is 50.8 Å². The van der Waals surface area contributed by atoms with Crippen LogP contribution in [0.1, 0.15) is 41.7 Å². The van der Waals surface area contributed by atoms with Gasteiger partial charge in [0.25, 0.3) is 5.91 Å². The van der Waals surface area contributed by atoms with Gasteiger partial charge in [0.1, 0.15) is 11.6 Å². The van der Waals surface area contributed by atoms with Gasteiger partial charge in [-0.1, -0.05) is 12.1 Å². The first kappa shape index (κ1) is 17.8. The minimum atomic E-state index is -0.277. The van der Waals surface area contributed by atoms with Crippen LogP contribution in [0.3, 0.4) is 0 Å². The van der Waals surface area contributed by atoms with Gasteiger partial charge in [-0.2, -0.15) is 0 Å². The zero-order valence-electron chi connectivity index (χ0n) is 15.7. The number of fused-ring (bicyclic) bond motifs is 2. The van der Waals surface area contributed by atoms with Crippen molar-refractivity contribution in [1.82, 2.24) is 9.88 Å². The molecule has 2 saturated heterocycles. The van der Waals surface area contributed by atoms with Gasteiger partial charge in [-0.15, -0.1) is 0 Å². The second-order valence-corrected chi connectivity index (χ2v) is 7.51. The molecule has 4 rings (SSSR count). The molecule has 2 aromatic rings. The number of nitrogens with zero attached hydrogens (tertiary/aromatic N) is 2. The third kappa shape index (κ3) is 3.14. The summed E-state index contributed by atoms with van der Waals surface area (Å²) >= 11 is 0. The Labute approximate surface area is 159 Å². The Hall–Kier alpha value is -2.60. The minimum absolute atomic E-state index is 0.0496. The maximum Gasteiger partial charge on any atom is 0.254 e. The molecule has 0 aliphatic carbocycles. The number of carbonyl (C=O) groups excluding carboxylic acids is 1. The number of aromatic nitrogens is 1. The van der Waals surface area contributed by atoms with E-state index in [1.54, 1.807) is 7.11 Å². The number of nitrogens with two attached hydrogens (primary N) is 1. The fourth-order valence-electron chi connectivity index (χ4n) is 4.46. The molecule has 0 spiro atoms. The van der Waals surface area contributed by atoms with Crippen LogP contribution in [0.4, 0.5) is 5.82 Å². The molecule has 1 unspecified atom stereocenters. The number of aliphatic hydroxyl groups is 1. The number of aliphatic hydroxyl groups excluding tert-OH is 1. The summed E-state index contributed by atoms with van der Waals surface area (Å²) in [5.74, 6) is 1.17. The van der Waals surface area contributed by atoms with Gasteiger partial charge in [-0.3, -0.25) is 4.79 Å².